The molecule has 0 radical (unpaired) electrons. The van der Waals surface area contributed by atoms with Crippen molar-refractivity contribution in [2.45, 2.75) is 52.4 Å². The van der Waals surface area contributed by atoms with Gasteiger partial charge in [0.1, 0.15) is 11.6 Å². The largest absolute Gasteiger partial charge is 0.507 e. The number of para-hydroxylation sites is 1. The molecule has 0 fully saturated rings. The predicted molar refractivity (Wildman–Crippen MR) is 176 cm³/mol. The van der Waals surface area contributed by atoms with Gasteiger partial charge in [0.05, 0.1) is 22.3 Å². The van der Waals surface area contributed by atoms with Gasteiger partial charge in [-0.15, -0.1) is 0 Å². The molecule has 0 atom stereocenters. The lowest BCUT2D eigenvalue weighted by Crippen LogP contribution is -2.17. The van der Waals surface area contributed by atoms with Gasteiger partial charge in [0.2, 0.25) is 0 Å². The molecule has 0 saturated heterocycles. The zero-order valence-electron chi connectivity index (χ0n) is 25.3. The van der Waals surface area contributed by atoms with Crippen LogP contribution >= 0.6 is 0 Å². The van der Waals surface area contributed by atoms with Crippen molar-refractivity contribution in [3.63, 3.8) is 0 Å². The Morgan fingerprint density at radius 2 is 1.19 bits per heavy atom. The second kappa shape index (κ2) is 10.3. The minimum absolute atomic E-state index is 0.109. The fourth-order valence-electron chi connectivity index (χ4n) is 5.65. The zero-order chi connectivity index (χ0) is 29.6. The summed E-state index contributed by atoms with van der Waals surface area (Å²) >= 11 is 0. The molecule has 3 heteroatoms. The fraction of sp³-hybridized carbons (Fsp3) is 0.205. The smallest absolute Gasteiger partial charge is 0.149 e. The third kappa shape index (κ3) is 5.00. The summed E-state index contributed by atoms with van der Waals surface area (Å²) in [4.78, 5) is 5.24. The summed E-state index contributed by atoms with van der Waals surface area (Å²) in [5, 5.41) is 11.9. The van der Waals surface area contributed by atoms with Crippen molar-refractivity contribution < 1.29 is 5.11 Å². The number of benzene rings is 5. The number of phenolic OH excluding ortho intramolecular Hbond substituents is 1. The predicted octanol–water partition coefficient (Wildman–Crippen LogP) is 10.3. The Morgan fingerprint density at radius 3 is 1.83 bits per heavy atom. The standard InChI is InChI=1S/C39H38N2O/c1-38(2,3)29-24-31(36(42)32(25-29)39(4,5)6)37-40-33-22-21-28(26-15-9-7-10-16-26)23-35(33)41(37)34-20-14-13-19-30(34)27-17-11-8-12-18-27/h7-25,42H,1-6H3. The van der Waals surface area contributed by atoms with E-state index < -0.39 is 0 Å². The summed E-state index contributed by atoms with van der Waals surface area (Å²) in [6, 6.07) is 40.1. The first-order valence-corrected chi connectivity index (χ1v) is 14.6. The molecular formula is C39H38N2O. The average Bonchev–Trinajstić information content (AvgIpc) is 3.35. The van der Waals surface area contributed by atoms with Gasteiger partial charge < -0.3 is 5.11 Å². The summed E-state index contributed by atoms with van der Waals surface area (Å²) in [6.07, 6.45) is 0. The molecule has 3 nitrogen and oxygen atoms in total. The number of imidazole rings is 1. The molecule has 0 saturated carbocycles. The van der Waals surface area contributed by atoms with E-state index in [4.69, 9.17) is 4.98 Å². The van der Waals surface area contributed by atoms with Gasteiger partial charge in [0.25, 0.3) is 0 Å². The maximum atomic E-state index is 11.9. The zero-order valence-corrected chi connectivity index (χ0v) is 25.3. The first-order chi connectivity index (χ1) is 20.0. The Labute approximate surface area is 249 Å². The van der Waals surface area contributed by atoms with Crippen LogP contribution in [-0.2, 0) is 10.8 Å². The first-order valence-electron chi connectivity index (χ1n) is 14.6. The molecule has 1 aromatic heterocycles. The lowest BCUT2D eigenvalue weighted by molar-refractivity contribution is 0.446. The second-order valence-electron chi connectivity index (χ2n) is 13.1. The summed E-state index contributed by atoms with van der Waals surface area (Å²) < 4.78 is 2.23. The summed E-state index contributed by atoms with van der Waals surface area (Å²) in [5.41, 5.74) is 9.87. The van der Waals surface area contributed by atoms with E-state index in [1.807, 2.05) is 12.1 Å². The molecule has 1 N–H and O–H groups in total. The molecule has 5 aromatic carbocycles. The van der Waals surface area contributed by atoms with Crippen LogP contribution in [0.1, 0.15) is 52.7 Å². The topological polar surface area (TPSA) is 38.0 Å². The molecular weight excluding hydrogens is 512 g/mol. The lowest BCUT2D eigenvalue weighted by Gasteiger charge is -2.27. The third-order valence-electron chi connectivity index (χ3n) is 8.02. The number of aromatic hydroxyl groups is 1. The molecule has 1 heterocycles. The van der Waals surface area contributed by atoms with E-state index in [0.29, 0.717) is 0 Å². The van der Waals surface area contributed by atoms with Crippen LogP contribution in [0.2, 0.25) is 0 Å². The van der Waals surface area contributed by atoms with Gasteiger partial charge in [0.15, 0.2) is 0 Å². The van der Waals surface area contributed by atoms with Gasteiger partial charge in [-0.2, -0.15) is 0 Å². The molecule has 6 aromatic rings. The van der Waals surface area contributed by atoms with E-state index in [0.717, 1.165) is 55.9 Å². The number of hydrogen-bond donors (Lipinski definition) is 1. The van der Waals surface area contributed by atoms with Crippen LogP contribution in [-0.4, -0.2) is 14.7 Å². The Morgan fingerprint density at radius 1 is 0.571 bits per heavy atom. The van der Waals surface area contributed by atoms with E-state index in [1.165, 1.54) is 5.56 Å². The van der Waals surface area contributed by atoms with Gasteiger partial charge in [-0.3, -0.25) is 4.57 Å². The SMILES string of the molecule is CC(C)(C)c1cc(-c2nc3ccc(-c4ccccc4)cc3n2-c2ccccc2-c2ccccc2)c(O)c(C(C)(C)C)c1. The van der Waals surface area contributed by atoms with Crippen LogP contribution in [0.4, 0.5) is 0 Å². The molecule has 0 aliphatic rings. The van der Waals surface area contributed by atoms with E-state index in [1.54, 1.807) is 0 Å². The summed E-state index contributed by atoms with van der Waals surface area (Å²) in [6.45, 7) is 13.1. The summed E-state index contributed by atoms with van der Waals surface area (Å²) in [5.74, 6) is 1.01. The highest BCUT2D eigenvalue weighted by Crippen LogP contribution is 2.44. The van der Waals surface area contributed by atoms with Crippen molar-refractivity contribution in [3.8, 4) is 45.1 Å². The van der Waals surface area contributed by atoms with Crippen molar-refractivity contribution in [1.82, 2.24) is 9.55 Å². The number of fused-ring (bicyclic) bond motifs is 1. The number of aromatic nitrogens is 2. The first kappa shape index (κ1) is 27.5. The highest BCUT2D eigenvalue weighted by molar-refractivity contribution is 5.90. The molecule has 0 aliphatic heterocycles. The number of hydrogen-bond acceptors (Lipinski definition) is 2. The Kier molecular flexibility index (Phi) is 6.77. The number of rotatable bonds is 4. The van der Waals surface area contributed by atoms with E-state index in [2.05, 4.69) is 149 Å². The maximum absolute atomic E-state index is 11.9. The quantitative estimate of drug-likeness (QED) is 0.237. The Hall–Kier alpha value is -4.63. The van der Waals surface area contributed by atoms with Crippen LogP contribution in [0.25, 0.3) is 50.4 Å². The molecule has 0 bridgehead atoms. The molecule has 0 aliphatic carbocycles. The number of phenols is 1. The normalized spacial score (nSPS) is 12.1. The lowest BCUT2D eigenvalue weighted by atomic mass is 9.79. The Bertz CT molecular complexity index is 1890. The van der Waals surface area contributed by atoms with Crippen molar-refractivity contribution in [3.05, 3.63) is 126 Å². The summed E-state index contributed by atoms with van der Waals surface area (Å²) in [7, 11) is 0. The molecule has 0 unspecified atom stereocenters. The van der Waals surface area contributed by atoms with E-state index >= 15 is 0 Å². The van der Waals surface area contributed by atoms with Gasteiger partial charge in [-0.05, 0) is 57.3 Å². The van der Waals surface area contributed by atoms with Gasteiger partial charge in [0, 0.05) is 11.1 Å². The van der Waals surface area contributed by atoms with E-state index in [-0.39, 0.29) is 16.6 Å². The minimum atomic E-state index is -0.251. The minimum Gasteiger partial charge on any atom is -0.507 e. The van der Waals surface area contributed by atoms with Crippen LogP contribution < -0.4 is 0 Å². The fourth-order valence-corrected chi connectivity index (χ4v) is 5.65. The average molecular weight is 551 g/mol. The highest BCUT2D eigenvalue weighted by Gasteiger charge is 2.28. The van der Waals surface area contributed by atoms with Gasteiger partial charge >= 0.3 is 0 Å². The van der Waals surface area contributed by atoms with E-state index in [9.17, 15) is 5.11 Å². The van der Waals surface area contributed by atoms with Crippen LogP contribution in [0.3, 0.4) is 0 Å². The number of nitrogens with zero attached hydrogens (tertiary/aromatic N) is 2. The van der Waals surface area contributed by atoms with Gasteiger partial charge in [-0.25, -0.2) is 4.98 Å². The van der Waals surface area contributed by atoms with Crippen molar-refractivity contribution in [2.75, 3.05) is 0 Å². The van der Waals surface area contributed by atoms with Crippen LogP contribution in [0.15, 0.2) is 115 Å². The van der Waals surface area contributed by atoms with Crippen LogP contribution in [0, 0.1) is 0 Å². The van der Waals surface area contributed by atoms with Crippen molar-refractivity contribution in [1.29, 1.82) is 0 Å². The monoisotopic (exact) mass is 550 g/mol. The van der Waals surface area contributed by atoms with Gasteiger partial charge in [-0.1, -0.05) is 133 Å². The van der Waals surface area contributed by atoms with Crippen molar-refractivity contribution in [2.24, 2.45) is 0 Å². The molecule has 42 heavy (non-hydrogen) atoms. The Balaban J connectivity index is 1.73. The molecule has 210 valence electrons. The maximum Gasteiger partial charge on any atom is 0.149 e. The molecule has 0 spiro atoms. The highest BCUT2D eigenvalue weighted by atomic mass is 16.3. The molecule has 0 amide bonds. The second-order valence-corrected chi connectivity index (χ2v) is 13.1. The van der Waals surface area contributed by atoms with Crippen molar-refractivity contribution >= 4 is 11.0 Å². The molecule has 6 rings (SSSR count). The third-order valence-corrected chi connectivity index (χ3v) is 8.02. The van der Waals surface area contributed by atoms with Crippen LogP contribution in [0.5, 0.6) is 5.75 Å².